The van der Waals surface area contributed by atoms with Crippen LogP contribution in [0.5, 0.6) is 0 Å². The summed E-state index contributed by atoms with van der Waals surface area (Å²) in [4.78, 5) is 11.0. The summed E-state index contributed by atoms with van der Waals surface area (Å²) in [6.07, 6.45) is 0.883. The third-order valence-electron chi connectivity index (χ3n) is 2.17. The van der Waals surface area contributed by atoms with Gasteiger partial charge in [0.05, 0.1) is 0 Å². The van der Waals surface area contributed by atoms with Crippen LogP contribution in [0.25, 0.3) is 0 Å². The van der Waals surface area contributed by atoms with E-state index in [0.717, 1.165) is 23.2 Å². The number of halogens is 1. The number of anilines is 1. The van der Waals surface area contributed by atoms with Gasteiger partial charge in [0.1, 0.15) is 0 Å². The van der Waals surface area contributed by atoms with Gasteiger partial charge >= 0.3 is 0 Å². The number of rotatable bonds is 2. The minimum atomic E-state index is -0.0648. The van der Waals surface area contributed by atoms with E-state index in [4.69, 9.17) is 11.6 Å². The predicted octanol–water partition coefficient (Wildman–Crippen LogP) is 3.17. The zero-order chi connectivity index (χ0) is 10.7. The zero-order valence-corrected chi connectivity index (χ0v) is 9.40. The van der Waals surface area contributed by atoms with Crippen LogP contribution in [0.1, 0.15) is 25.0 Å². The Morgan fingerprint density at radius 3 is 2.64 bits per heavy atom. The lowest BCUT2D eigenvalue weighted by atomic mass is 10.1. The smallest absolute Gasteiger partial charge is 0.221 e. The Hall–Kier alpha value is -1.02. The molecule has 0 aromatic heterocycles. The van der Waals surface area contributed by atoms with Gasteiger partial charge in [-0.1, -0.05) is 24.6 Å². The molecular weight excluding hydrogens is 198 g/mol. The maximum absolute atomic E-state index is 11.0. The van der Waals surface area contributed by atoms with E-state index in [-0.39, 0.29) is 5.91 Å². The Kier molecular flexibility index (Phi) is 3.53. The van der Waals surface area contributed by atoms with Crippen molar-refractivity contribution in [2.24, 2.45) is 0 Å². The van der Waals surface area contributed by atoms with Crippen LogP contribution >= 0.6 is 11.6 Å². The average Bonchev–Trinajstić information content (AvgIpc) is 2.13. The van der Waals surface area contributed by atoms with Gasteiger partial charge in [-0.05, 0) is 30.5 Å². The highest BCUT2D eigenvalue weighted by Gasteiger charge is 2.08. The first-order valence-electron chi connectivity index (χ1n) is 4.61. The molecule has 0 fully saturated rings. The minimum Gasteiger partial charge on any atom is -0.326 e. The highest BCUT2D eigenvalue weighted by molar-refractivity contribution is 6.31. The Morgan fingerprint density at radius 1 is 1.50 bits per heavy atom. The Labute approximate surface area is 89.3 Å². The summed E-state index contributed by atoms with van der Waals surface area (Å²) in [6.45, 7) is 5.46. The largest absolute Gasteiger partial charge is 0.326 e. The summed E-state index contributed by atoms with van der Waals surface area (Å²) >= 11 is 5.97. The van der Waals surface area contributed by atoms with Crippen molar-refractivity contribution < 1.29 is 4.79 Å². The molecule has 1 aromatic carbocycles. The molecule has 0 unspecified atom stereocenters. The van der Waals surface area contributed by atoms with Gasteiger partial charge in [0.25, 0.3) is 0 Å². The molecule has 0 bridgehead atoms. The summed E-state index contributed by atoms with van der Waals surface area (Å²) in [5, 5.41) is 3.50. The molecule has 0 heterocycles. The van der Waals surface area contributed by atoms with Crippen LogP contribution in [0.3, 0.4) is 0 Å². The Bertz CT molecular complexity index is 361. The SMILES string of the molecule is CCc1ccc(Cl)c(C)c1NC(C)=O. The molecule has 2 nitrogen and oxygen atoms in total. The van der Waals surface area contributed by atoms with Gasteiger partial charge in [-0.25, -0.2) is 0 Å². The summed E-state index contributed by atoms with van der Waals surface area (Å²) in [6, 6.07) is 3.81. The van der Waals surface area contributed by atoms with Crippen LogP contribution in [-0.2, 0) is 11.2 Å². The van der Waals surface area contributed by atoms with Crippen molar-refractivity contribution >= 4 is 23.2 Å². The number of amides is 1. The molecule has 3 heteroatoms. The van der Waals surface area contributed by atoms with Crippen molar-refractivity contribution in [2.75, 3.05) is 5.32 Å². The van der Waals surface area contributed by atoms with Crippen molar-refractivity contribution in [3.8, 4) is 0 Å². The summed E-state index contributed by atoms with van der Waals surface area (Å²) in [7, 11) is 0. The van der Waals surface area contributed by atoms with Gasteiger partial charge in [-0.15, -0.1) is 0 Å². The molecule has 0 spiro atoms. The van der Waals surface area contributed by atoms with Crippen LogP contribution in [0.4, 0.5) is 5.69 Å². The monoisotopic (exact) mass is 211 g/mol. The van der Waals surface area contributed by atoms with E-state index in [1.54, 1.807) is 0 Å². The molecule has 76 valence electrons. The van der Waals surface area contributed by atoms with Crippen molar-refractivity contribution in [1.29, 1.82) is 0 Å². The second-order valence-corrected chi connectivity index (χ2v) is 3.65. The molecule has 0 saturated heterocycles. The number of carbonyl (C=O) groups excluding carboxylic acids is 1. The number of aryl methyl sites for hydroxylation is 1. The molecule has 1 aromatic rings. The van der Waals surface area contributed by atoms with E-state index >= 15 is 0 Å². The molecule has 0 saturated carbocycles. The summed E-state index contributed by atoms with van der Waals surface area (Å²) in [5.74, 6) is -0.0648. The predicted molar refractivity (Wildman–Crippen MR) is 59.9 cm³/mol. The maximum atomic E-state index is 11.0. The molecule has 0 aliphatic heterocycles. The number of carbonyl (C=O) groups is 1. The molecule has 0 aliphatic carbocycles. The van der Waals surface area contributed by atoms with Gasteiger partial charge in [0.2, 0.25) is 5.91 Å². The third-order valence-corrected chi connectivity index (χ3v) is 2.58. The first-order chi connectivity index (χ1) is 6.56. The first kappa shape index (κ1) is 11.1. The van der Waals surface area contributed by atoms with Gasteiger partial charge in [-0.2, -0.15) is 0 Å². The van der Waals surface area contributed by atoms with E-state index < -0.39 is 0 Å². The van der Waals surface area contributed by atoms with Crippen LogP contribution in [0, 0.1) is 6.92 Å². The number of hydrogen-bond donors (Lipinski definition) is 1. The average molecular weight is 212 g/mol. The first-order valence-corrected chi connectivity index (χ1v) is 4.99. The van der Waals surface area contributed by atoms with E-state index in [2.05, 4.69) is 5.32 Å². The molecule has 1 amide bonds. The summed E-state index contributed by atoms with van der Waals surface area (Å²) in [5.41, 5.74) is 2.90. The van der Waals surface area contributed by atoms with E-state index in [1.807, 2.05) is 26.0 Å². The van der Waals surface area contributed by atoms with Crippen LogP contribution in [0.15, 0.2) is 12.1 Å². The van der Waals surface area contributed by atoms with Crippen LogP contribution < -0.4 is 5.32 Å². The molecule has 0 radical (unpaired) electrons. The fourth-order valence-electron chi connectivity index (χ4n) is 1.39. The van der Waals surface area contributed by atoms with Crippen molar-refractivity contribution in [2.45, 2.75) is 27.2 Å². The maximum Gasteiger partial charge on any atom is 0.221 e. The van der Waals surface area contributed by atoms with Gasteiger partial charge in [0.15, 0.2) is 0 Å². The zero-order valence-electron chi connectivity index (χ0n) is 8.65. The summed E-state index contributed by atoms with van der Waals surface area (Å²) < 4.78 is 0. The molecule has 1 rings (SSSR count). The van der Waals surface area contributed by atoms with E-state index in [0.29, 0.717) is 5.02 Å². The van der Waals surface area contributed by atoms with Crippen molar-refractivity contribution in [3.63, 3.8) is 0 Å². The van der Waals surface area contributed by atoms with E-state index in [9.17, 15) is 4.79 Å². The topological polar surface area (TPSA) is 29.1 Å². The minimum absolute atomic E-state index is 0.0648. The molecule has 0 aliphatic rings. The fourth-order valence-corrected chi connectivity index (χ4v) is 1.54. The third kappa shape index (κ3) is 2.26. The van der Waals surface area contributed by atoms with Crippen LogP contribution in [-0.4, -0.2) is 5.91 Å². The highest BCUT2D eigenvalue weighted by Crippen LogP contribution is 2.27. The lowest BCUT2D eigenvalue weighted by Gasteiger charge is -2.12. The second-order valence-electron chi connectivity index (χ2n) is 3.24. The lowest BCUT2D eigenvalue weighted by molar-refractivity contribution is -0.114. The number of nitrogens with one attached hydrogen (secondary N) is 1. The Balaban J connectivity index is 3.20. The quantitative estimate of drug-likeness (QED) is 0.800. The van der Waals surface area contributed by atoms with E-state index in [1.165, 1.54) is 6.92 Å². The van der Waals surface area contributed by atoms with Crippen molar-refractivity contribution in [3.05, 3.63) is 28.3 Å². The Morgan fingerprint density at radius 2 is 2.14 bits per heavy atom. The molecule has 1 N–H and O–H groups in total. The van der Waals surface area contributed by atoms with Gasteiger partial charge < -0.3 is 5.32 Å². The molecular formula is C11H14ClNO. The number of benzene rings is 1. The highest BCUT2D eigenvalue weighted by atomic mass is 35.5. The molecule has 14 heavy (non-hydrogen) atoms. The van der Waals surface area contributed by atoms with Gasteiger partial charge in [-0.3, -0.25) is 4.79 Å². The normalized spacial score (nSPS) is 10.0. The van der Waals surface area contributed by atoms with Gasteiger partial charge in [0, 0.05) is 17.6 Å². The van der Waals surface area contributed by atoms with Crippen LogP contribution in [0.2, 0.25) is 5.02 Å². The second kappa shape index (κ2) is 4.47. The fraction of sp³-hybridized carbons (Fsp3) is 0.364. The van der Waals surface area contributed by atoms with Crippen molar-refractivity contribution in [1.82, 2.24) is 0 Å². The number of hydrogen-bond acceptors (Lipinski definition) is 1. The molecule has 0 atom stereocenters. The standard InChI is InChI=1S/C11H14ClNO/c1-4-9-5-6-10(12)7(2)11(9)13-8(3)14/h5-6H,4H2,1-3H3,(H,13,14). The lowest BCUT2D eigenvalue weighted by Crippen LogP contribution is -2.09.